The van der Waals surface area contributed by atoms with E-state index < -0.39 is 22.2 Å². The van der Waals surface area contributed by atoms with E-state index >= 15 is 0 Å². The molecule has 0 aliphatic rings. The lowest BCUT2D eigenvalue weighted by atomic mass is 10.3. The molecule has 0 atom stereocenters. The highest BCUT2D eigenvalue weighted by Crippen LogP contribution is 2.30. The number of benzene rings is 2. The van der Waals surface area contributed by atoms with Gasteiger partial charge in [0, 0.05) is 16.8 Å². The number of hydrogen-bond acceptors (Lipinski definition) is 8. The van der Waals surface area contributed by atoms with Crippen molar-refractivity contribution in [2.45, 2.75) is 18.0 Å². The van der Waals surface area contributed by atoms with Crippen molar-refractivity contribution >= 4 is 50.6 Å². The number of carboxylic acid groups (broad SMARTS) is 1. The third kappa shape index (κ3) is 8.55. The molecule has 0 unspecified atom stereocenters. The van der Waals surface area contributed by atoms with E-state index in [0.29, 0.717) is 34.7 Å². The van der Waals surface area contributed by atoms with Gasteiger partial charge in [0.25, 0.3) is 0 Å². The molecule has 0 spiro atoms. The van der Waals surface area contributed by atoms with Gasteiger partial charge in [-0.25, -0.2) is 27.9 Å². The molecule has 0 saturated heterocycles. The first-order chi connectivity index (χ1) is 16.9. The highest BCUT2D eigenvalue weighted by atomic mass is 35.5. The monoisotopic (exact) mass is 547 g/mol. The highest BCUT2D eigenvalue weighted by Gasteiger charge is 2.38. The summed E-state index contributed by atoms with van der Waals surface area (Å²) in [6.45, 7) is 2.28. The Morgan fingerprint density at radius 1 is 1.06 bits per heavy atom. The quantitative estimate of drug-likeness (QED) is 0.319. The summed E-state index contributed by atoms with van der Waals surface area (Å²) in [7, 11) is -2.24. The van der Waals surface area contributed by atoms with Crippen molar-refractivity contribution in [2.75, 3.05) is 24.3 Å². The number of ether oxygens (including phenoxy) is 1. The number of halogens is 4. The molecule has 0 fully saturated rings. The summed E-state index contributed by atoms with van der Waals surface area (Å²) < 4.78 is 63.9. The van der Waals surface area contributed by atoms with Crippen molar-refractivity contribution < 1.29 is 36.2 Å². The number of aromatic nitrogens is 2. The molecule has 15 heteroatoms. The molecular formula is C21H21ClF3N5O5S. The van der Waals surface area contributed by atoms with Crippen LogP contribution in [0.5, 0.6) is 5.75 Å². The van der Waals surface area contributed by atoms with Crippen LogP contribution in [0.1, 0.15) is 6.92 Å². The van der Waals surface area contributed by atoms with Crippen molar-refractivity contribution in [3.63, 3.8) is 0 Å². The topological polar surface area (TPSA) is 143 Å². The van der Waals surface area contributed by atoms with Crippen LogP contribution >= 0.6 is 11.6 Å². The van der Waals surface area contributed by atoms with Crippen LogP contribution in [0, 0.1) is 0 Å². The van der Waals surface area contributed by atoms with Gasteiger partial charge in [-0.1, -0.05) is 11.6 Å². The summed E-state index contributed by atoms with van der Waals surface area (Å²) in [5.74, 6) is -1.22. The van der Waals surface area contributed by atoms with Gasteiger partial charge in [0.15, 0.2) is 0 Å². The first-order valence-electron chi connectivity index (χ1n) is 9.98. The standard InChI is InChI=1S/C19H20ClN5O3S.C2HF3O2/c1-3-28-17-9-8-15(29(26,27)21-2)10-16(17)25-19-11-18(22-12-23-19)24-14-6-4-13(20)5-7-14;3-2(4,5)1(6)7/h4-12,21H,3H2,1-2H3,(H2,22,23,24,25);(H,6,7). The first-order valence-corrected chi connectivity index (χ1v) is 11.8. The fourth-order valence-electron chi connectivity index (χ4n) is 2.49. The number of anilines is 4. The van der Waals surface area contributed by atoms with Gasteiger partial charge >= 0.3 is 12.1 Å². The minimum atomic E-state index is -5.08. The number of nitrogens with one attached hydrogen (secondary N) is 3. The number of nitrogens with zero attached hydrogens (tertiary/aromatic N) is 2. The number of carboxylic acids is 1. The van der Waals surface area contributed by atoms with E-state index in [-0.39, 0.29) is 4.90 Å². The van der Waals surface area contributed by atoms with Crippen LogP contribution in [-0.2, 0) is 14.8 Å². The van der Waals surface area contributed by atoms with Crippen molar-refractivity contribution in [3.8, 4) is 5.75 Å². The van der Waals surface area contributed by atoms with Gasteiger partial charge in [0.05, 0.1) is 17.2 Å². The summed E-state index contributed by atoms with van der Waals surface area (Å²) in [6, 6.07) is 13.5. The minimum Gasteiger partial charge on any atom is -0.492 e. The molecule has 3 rings (SSSR count). The van der Waals surface area contributed by atoms with Gasteiger partial charge in [0.2, 0.25) is 10.0 Å². The fourth-order valence-corrected chi connectivity index (χ4v) is 3.37. The fraction of sp³-hybridized carbons (Fsp3) is 0.190. The summed E-state index contributed by atoms with van der Waals surface area (Å²) in [6.07, 6.45) is -3.69. The van der Waals surface area contributed by atoms with Gasteiger partial charge in [-0.2, -0.15) is 13.2 Å². The maximum absolute atomic E-state index is 12.1. The zero-order valence-corrected chi connectivity index (χ0v) is 20.4. The van der Waals surface area contributed by atoms with E-state index in [1.807, 2.05) is 19.1 Å². The average molecular weight is 548 g/mol. The minimum absolute atomic E-state index is 0.111. The number of carbonyl (C=O) groups is 1. The van der Waals surface area contributed by atoms with Crippen molar-refractivity contribution in [2.24, 2.45) is 0 Å². The molecule has 3 aromatic rings. The second kappa shape index (κ2) is 12.4. The van der Waals surface area contributed by atoms with Crippen molar-refractivity contribution in [1.82, 2.24) is 14.7 Å². The van der Waals surface area contributed by atoms with Gasteiger partial charge in [-0.05, 0) is 56.4 Å². The van der Waals surface area contributed by atoms with Crippen molar-refractivity contribution in [1.29, 1.82) is 0 Å². The molecule has 1 heterocycles. The van der Waals surface area contributed by atoms with E-state index in [0.717, 1.165) is 5.69 Å². The Labute approximate surface area is 209 Å². The number of alkyl halides is 3. The predicted molar refractivity (Wildman–Crippen MR) is 128 cm³/mol. The molecule has 2 aromatic carbocycles. The second-order valence-electron chi connectivity index (χ2n) is 6.65. The molecule has 0 saturated carbocycles. The molecular weight excluding hydrogens is 527 g/mol. The lowest BCUT2D eigenvalue weighted by Gasteiger charge is -2.14. The van der Waals surface area contributed by atoms with Crippen LogP contribution in [0.25, 0.3) is 0 Å². The molecule has 10 nitrogen and oxygen atoms in total. The van der Waals surface area contributed by atoms with E-state index in [1.54, 1.807) is 24.3 Å². The van der Waals surface area contributed by atoms with E-state index in [1.165, 1.54) is 25.5 Å². The number of aliphatic carboxylic acids is 1. The molecule has 0 radical (unpaired) electrons. The zero-order valence-electron chi connectivity index (χ0n) is 18.8. The summed E-state index contributed by atoms with van der Waals surface area (Å²) >= 11 is 5.90. The summed E-state index contributed by atoms with van der Waals surface area (Å²) in [4.78, 5) is 17.4. The van der Waals surface area contributed by atoms with Crippen LogP contribution in [-0.4, -0.2) is 49.3 Å². The number of rotatable bonds is 8. The molecule has 0 aliphatic heterocycles. The molecule has 0 bridgehead atoms. The zero-order chi connectivity index (χ0) is 26.9. The van der Waals surface area contributed by atoms with Gasteiger partial charge in [0.1, 0.15) is 23.7 Å². The Kier molecular flexibility index (Phi) is 9.84. The summed E-state index contributed by atoms with van der Waals surface area (Å²) in [5.41, 5.74) is 1.29. The van der Waals surface area contributed by atoms with E-state index in [4.69, 9.17) is 26.2 Å². The Bertz CT molecular complexity index is 1290. The Hall–Kier alpha value is -3.62. The maximum Gasteiger partial charge on any atom is 0.490 e. The molecule has 0 amide bonds. The van der Waals surface area contributed by atoms with Gasteiger partial charge in [-0.15, -0.1) is 0 Å². The smallest absolute Gasteiger partial charge is 0.490 e. The Morgan fingerprint density at radius 2 is 1.64 bits per heavy atom. The van der Waals surface area contributed by atoms with Crippen LogP contribution in [0.3, 0.4) is 0 Å². The summed E-state index contributed by atoms with van der Waals surface area (Å²) in [5, 5.41) is 14.0. The first kappa shape index (κ1) is 28.6. The van der Waals surface area contributed by atoms with Crippen LogP contribution in [0.2, 0.25) is 5.02 Å². The molecule has 4 N–H and O–H groups in total. The third-order valence-electron chi connectivity index (χ3n) is 4.12. The molecule has 194 valence electrons. The van der Waals surface area contributed by atoms with E-state index in [2.05, 4.69) is 25.3 Å². The molecule has 1 aromatic heterocycles. The largest absolute Gasteiger partial charge is 0.492 e. The predicted octanol–water partition coefficient (Wildman–Crippen LogP) is 4.56. The van der Waals surface area contributed by atoms with Crippen LogP contribution in [0.4, 0.5) is 36.2 Å². The van der Waals surface area contributed by atoms with Gasteiger partial charge < -0.3 is 20.5 Å². The Morgan fingerprint density at radius 3 is 2.17 bits per heavy atom. The SMILES string of the molecule is CCOc1ccc(S(=O)(=O)NC)cc1Nc1cc(Nc2ccc(Cl)cc2)ncn1.O=C(O)C(F)(F)F. The average Bonchev–Trinajstić information content (AvgIpc) is 2.82. The number of hydrogen-bond donors (Lipinski definition) is 4. The van der Waals surface area contributed by atoms with Crippen LogP contribution in [0.15, 0.2) is 59.8 Å². The molecule has 36 heavy (non-hydrogen) atoms. The normalized spacial score (nSPS) is 11.2. The second-order valence-corrected chi connectivity index (χ2v) is 8.97. The lowest BCUT2D eigenvalue weighted by Crippen LogP contribution is -2.21. The molecule has 0 aliphatic carbocycles. The highest BCUT2D eigenvalue weighted by molar-refractivity contribution is 7.89. The third-order valence-corrected chi connectivity index (χ3v) is 5.78. The maximum atomic E-state index is 12.1. The van der Waals surface area contributed by atoms with Crippen LogP contribution < -0.4 is 20.1 Å². The van der Waals surface area contributed by atoms with Crippen molar-refractivity contribution in [3.05, 3.63) is 59.9 Å². The number of sulfonamides is 1. The van der Waals surface area contributed by atoms with E-state index in [9.17, 15) is 21.6 Å². The Balaban J connectivity index is 0.000000572. The lowest BCUT2D eigenvalue weighted by molar-refractivity contribution is -0.192. The van der Waals surface area contributed by atoms with Gasteiger partial charge in [-0.3, -0.25) is 0 Å².